The second-order valence-electron chi connectivity index (χ2n) is 14.9. The van der Waals surface area contributed by atoms with Crippen molar-refractivity contribution in [2.24, 2.45) is 0 Å². The summed E-state index contributed by atoms with van der Waals surface area (Å²) in [4.78, 5) is 34.1. The minimum absolute atomic E-state index is 0.137. The summed E-state index contributed by atoms with van der Waals surface area (Å²) in [7, 11) is 0. The standard InChI is InChI=1S/C17H17F2N3O2.C14H11F2N3O2.C8H8FN.C6H4F2N2O2/c1-2-24-17(23)21-13-5-6-14(15(19)16(13)20)22-8-10-3-4-12(18)7-11(10)9-22;15-10-2-1-8-6-18(7-9(8)5-10)11-3-4-12(19(20)21)14(17)13(11)16;9-8-2-1-6-4-10-5-7(6)3-8;7-3-1-2-4(10(11)12)6(9)5(3)8/h3-7H,2,8-9,20H2,1H3,(H,21,23);1-5H,6-7,17H2;1-3,10H,4-5H2;1-2H,9H2. The average Bonchev–Trinajstić information content (AvgIpc) is 4.04. The summed E-state index contributed by atoms with van der Waals surface area (Å²) in [6, 6.07) is 20.9. The van der Waals surface area contributed by atoms with Gasteiger partial charge >= 0.3 is 6.09 Å². The molecule has 6 aromatic rings. The van der Waals surface area contributed by atoms with Crippen LogP contribution in [-0.4, -0.2) is 22.5 Å². The molecule has 15 nitrogen and oxygen atoms in total. The number of nitrogens with zero attached hydrogens (tertiary/aromatic N) is 4. The van der Waals surface area contributed by atoms with E-state index in [4.69, 9.17) is 21.9 Å². The highest BCUT2D eigenvalue weighted by Gasteiger charge is 2.27. The zero-order chi connectivity index (χ0) is 48.7. The number of carbonyl (C=O) groups excluding carboxylic acids is 1. The summed E-state index contributed by atoms with van der Waals surface area (Å²) in [5.74, 6) is -4.83. The Morgan fingerprint density at radius 2 is 1.03 bits per heavy atom. The maximum Gasteiger partial charge on any atom is 0.411 e. The zero-order valence-corrected chi connectivity index (χ0v) is 35.2. The third-order valence-electron chi connectivity index (χ3n) is 10.6. The lowest BCUT2D eigenvalue weighted by molar-refractivity contribution is -0.384. The normalized spacial score (nSPS) is 12.8. The van der Waals surface area contributed by atoms with Gasteiger partial charge in [0.2, 0.25) is 0 Å². The van der Waals surface area contributed by atoms with Crippen LogP contribution in [0.15, 0.2) is 91.0 Å². The van der Waals surface area contributed by atoms with Crippen molar-refractivity contribution in [2.45, 2.75) is 46.2 Å². The van der Waals surface area contributed by atoms with Gasteiger partial charge in [0.1, 0.15) is 28.8 Å². The van der Waals surface area contributed by atoms with Crippen LogP contribution >= 0.6 is 0 Å². The van der Waals surface area contributed by atoms with E-state index in [1.807, 2.05) is 6.07 Å². The number of ether oxygens (including phenoxy) is 1. The molecule has 6 aromatic carbocycles. The van der Waals surface area contributed by atoms with Crippen LogP contribution in [0.1, 0.15) is 40.3 Å². The fourth-order valence-corrected chi connectivity index (χ4v) is 7.23. The summed E-state index contributed by atoms with van der Waals surface area (Å²) in [6.45, 7) is 5.17. The molecule has 0 atom stereocenters. The van der Waals surface area contributed by atoms with E-state index in [9.17, 15) is 55.8 Å². The van der Waals surface area contributed by atoms with E-state index in [0.717, 1.165) is 47.0 Å². The largest absolute Gasteiger partial charge is 0.450 e. The number of hydrogen-bond donors (Lipinski definition) is 5. The van der Waals surface area contributed by atoms with E-state index >= 15 is 0 Å². The second kappa shape index (κ2) is 20.8. The molecular weight excluding hydrogens is 896 g/mol. The smallest absolute Gasteiger partial charge is 0.411 e. The fraction of sp³-hybridized carbons (Fsp3) is 0.178. The third kappa shape index (κ3) is 11.2. The molecule has 67 heavy (non-hydrogen) atoms. The van der Waals surface area contributed by atoms with E-state index < -0.39 is 62.0 Å². The Bertz CT molecular complexity index is 2870. The Hall–Kier alpha value is -8.14. The van der Waals surface area contributed by atoms with Crippen LogP contribution in [0.25, 0.3) is 0 Å². The molecule has 0 fully saturated rings. The highest BCUT2D eigenvalue weighted by atomic mass is 19.2. The SMILES string of the molecule is CCOC(=O)Nc1ccc(N2Cc3ccc(F)cc3C2)c(F)c1N.Fc1ccc2c(c1)CNC2.Nc1c([N+](=O)[O-])ccc(F)c1F.Nc1c([N+](=O)[O-])ccc(N2Cc3ccc(F)cc3C2)c1F. The number of amides is 1. The van der Waals surface area contributed by atoms with Crippen molar-refractivity contribution in [2.75, 3.05) is 38.9 Å². The molecule has 0 aromatic heterocycles. The van der Waals surface area contributed by atoms with E-state index in [2.05, 4.69) is 10.6 Å². The third-order valence-corrected chi connectivity index (χ3v) is 10.6. The topological polar surface area (TPSA) is 221 Å². The number of anilines is 6. The maximum absolute atomic E-state index is 14.6. The van der Waals surface area contributed by atoms with E-state index in [0.29, 0.717) is 37.9 Å². The highest BCUT2D eigenvalue weighted by molar-refractivity contribution is 5.90. The summed E-state index contributed by atoms with van der Waals surface area (Å²) < 4.78 is 97.5. The van der Waals surface area contributed by atoms with Crippen LogP contribution in [0.3, 0.4) is 0 Å². The van der Waals surface area contributed by atoms with Crippen molar-refractivity contribution in [3.05, 3.63) is 185 Å². The molecular formula is C45H40F7N9O6. The van der Waals surface area contributed by atoms with Crippen molar-refractivity contribution >= 4 is 51.6 Å². The van der Waals surface area contributed by atoms with Crippen molar-refractivity contribution in [1.29, 1.82) is 0 Å². The molecule has 3 aliphatic heterocycles. The van der Waals surface area contributed by atoms with Crippen molar-refractivity contribution in [3.8, 4) is 0 Å². The molecule has 0 unspecified atom stereocenters. The Labute approximate surface area is 376 Å². The van der Waals surface area contributed by atoms with Gasteiger partial charge in [-0.15, -0.1) is 0 Å². The number of hydrogen-bond acceptors (Lipinski definition) is 12. The minimum Gasteiger partial charge on any atom is -0.450 e. The second-order valence-corrected chi connectivity index (χ2v) is 14.9. The van der Waals surface area contributed by atoms with Gasteiger partial charge < -0.3 is 37.1 Å². The van der Waals surface area contributed by atoms with Crippen LogP contribution in [0.5, 0.6) is 0 Å². The Morgan fingerprint density at radius 1 is 0.597 bits per heavy atom. The number of benzene rings is 6. The summed E-state index contributed by atoms with van der Waals surface area (Å²) in [6.07, 6.45) is -0.694. The highest BCUT2D eigenvalue weighted by Crippen LogP contribution is 2.37. The number of nitrogen functional groups attached to an aromatic ring is 3. The number of carbonyl (C=O) groups is 1. The molecule has 1 amide bonds. The molecule has 0 saturated carbocycles. The van der Waals surface area contributed by atoms with Gasteiger partial charge in [0.05, 0.1) is 39.2 Å². The molecule has 0 radical (unpaired) electrons. The summed E-state index contributed by atoms with van der Waals surface area (Å²) >= 11 is 0. The monoisotopic (exact) mass is 935 g/mol. The molecule has 0 saturated heterocycles. The van der Waals surface area contributed by atoms with Crippen molar-refractivity contribution in [3.63, 3.8) is 0 Å². The molecule has 0 bridgehead atoms. The van der Waals surface area contributed by atoms with Crippen LogP contribution in [0.2, 0.25) is 0 Å². The number of fused-ring (bicyclic) bond motifs is 3. The lowest BCUT2D eigenvalue weighted by Gasteiger charge is -2.20. The van der Waals surface area contributed by atoms with Gasteiger partial charge in [0, 0.05) is 51.4 Å². The van der Waals surface area contributed by atoms with Gasteiger partial charge in [-0.25, -0.2) is 35.5 Å². The predicted molar refractivity (Wildman–Crippen MR) is 236 cm³/mol. The first-order chi connectivity index (χ1) is 31.9. The summed E-state index contributed by atoms with van der Waals surface area (Å²) in [5, 5.41) is 26.4. The molecule has 3 heterocycles. The Kier molecular flexibility index (Phi) is 15.0. The summed E-state index contributed by atoms with van der Waals surface area (Å²) in [5.41, 5.74) is 20.1. The molecule has 3 aliphatic rings. The van der Waals surface area contributed by atoms with Gasteiger partial charge in [-0.1, -0.05) is 18.2 Å². The molecule has 0 aliphatic carbocycles. The fourth-order valence-electron chi connectivity index (χ4n) is 7.23. The zero-order valence-electron chi connectivity index (χ0n) is 35.2. The van der Waals surface area contributed by atoms with E-state index in [1.54, 1.807) is 34.9 Å². The van der Waals surface area contributed by atoms with E-state index in [1.165, 1.54) is 60.2 Å². The van der Waals surface area contributed by atoms with Gasteiger partial charge in [-0.2, -0.15) is 0 Å². The lowest BCUT2D eigenvalue weighted by Crippen LogP contribution is -2.19. The molecule has 350 valence electrons. The maximum atomic E-state index is 14.6. The predicted octanol–water partition coefficient (Wildman–Crippen LogP) is 9.50. The molecule has 9 rings (SSSR count). The van der Waals surface area contributed by atoms with Crippen molar-refractivity contribution < 1.29 is 50.1 Å². The van der Waals surface area contributed by atoms with Crippen LogP contribution < -0.4 is 37.6 Å². The Balaban J connectivity index is 0.000000156. The van der Waals surface area contributed by atoms with Gasteiger partial charge in [0.15, 0.2) is 23.3 Å². The van der Waals surface area contributed by atoms with Gasteiger partial charge in [-0.3, -0.25) is 25.5 Å². The number of halogens is 7. The first-order valence-corrected chi connectivity index (χ1v) is 20.0. The lowest BCUT2D eigenvalue weighted by atomic mass is 10.1. The van der Waals surface area contributed by atoms with Crippen LogP contribution in [0, 0.1) is 60.9 Å². The van der Waals surface area contributed by atoms with E-state index in [-0.39, 0.29) is 41.1 Å². The number of nitro benzene ring substituents is 2. The quantitative estimate of drug-likeness (QED) is 0.0456. The molecule has 22 heteroatoms. The number of nitrogens with two attached hydrogens (primary N) is 3. The Morgan fingerprint density at radius 3 is 1.55 bits per heavy atom. The molecule has 8 N–H and O–H groups in total. The minimum atomic E-state index is -1.38. The number of nitrogens with one attached hydrogen (secondary N) is 2. The first kappa shape index (κ1) is 48.3. The average molecular weight is 936 g/mol. The number of rotatable bonds is 6. The van der Waals surface area contributed by atoms with Gasteiger partial charge in [-0.05, 0) is 101 Å². The molecule has 0 spiro atoms. The first-order valence-electron chi connectivity index (χ1n) is 20.0. The van der Waals surface area contributed by atoms with Crippen molar-refractivity contribution in [1.82, 2.24) is 5.32 Å². The van der Waals surface area contributed by atoms with Gasteiger partial charge in [0.25, 0.3) is 11.4 Å². The number of nitro groups is 2. The van der Waals surface area contributed by atoms with Crippen LogP contribution in [-0.2, 0) is 44.0 Å². The van der Waals surface area contributed by atoms with Crippen LogP contribution in [0.4, 0.5) is 81.0 Å².